The summed E-state index contributed by atoms with van der Waals surface area (Å²) < 4.78 is 0. The van der Waals surface area contributed by atoms with E-state index in [0.717, 1.165) is 16.6 Å². The maximum Gasteiger partial charge on any atom is 0.250 e. The smallest absolute Gasteiger partial charge is 0.250 e. The summed E-state index contributed by atoms with van der Waals surface area (Å²) in [6.07, 6.45) is 0. The van der Waals surface area contributed by atoms with Crippen molar-refractivity contribution < 1.29 is 0 Å². The number of nitrogens with one attached hydrogen (secondary N) is 2. The summed E-state index contributed by atoms with van der Waals surface area (Å²) in [5, 5.41) is 4.94. The second kappa shape index (κ2) is 2.94. The van der Waals surface area contributed by atoms with E-state index in [4.69, 9.17) is 0 Å². The van der Waals surface area contributed by atoms with E-state index in [2.05, 4.69) is 10.3 Å². The third-order valence-electron chi connectivity index (χ3n) is 2.01. The predicted molar refractivity (Wildman–Crippen MR) is 54.1 cm³/mol. The first-order chi connectivity index (χ1) is 6.31. The molecule has 0 saturated heterocycles. The second-order valence-electron chi connectivity index (χ2n) is 2.85. The van der Waals surface area contributed by atoms with Crippen LogP contribution in [0.15, 0.2) is 35.1 Å². The fraction of sp³-hybridized carbons (Fsp3) is 0.100. The maximum absolute atomic E-state index is 11.2. The molecule has 0 bridgehead atoms. The van der Waals surface area contributed by atoms with Gasteiger partial charge in [-0.15, -0.1) is 0 Å². The number of anilines is 1. The number of rotatable bonds is 1. The van der Waals surface area contributed by atoms with Gasteiger partial charge in [0.25, 0.3) is 0 Å². The highest BCUT2D eigenvalue weighted by Crippen LogP contribution is 2.17. The Labute approximate surface area is 75.4 Å². The van der Waals surface area contributed by atoms with Crippen LogP contribution in [0.1, 0.15) is 0 Å². The summed E-state index contributed by atoms with van der Waals surface area (Å²) >= 11 is 0. The standard InChI is InChI=1S/C10H10N2O/c1-11-10-8-5-3-2-4-7(8)6-9(13)12-10/h2-6H,1H3,(H2,11,12,13). The van der Waals surface area contributed by atoms with E-state index < -0.39 is 0 Å². The maximum atomic E-state index is 11.2. The van der Waals surface area contributed by atoms with Crippen LogP contribution >= 0.6 is 0 Å². The molecule has 0 spiro atoms. The Morgan fingerprint density at radius 3 is 2.85 bits per heavy atom. The Morgan fingerprint density at radius 2 is 2.08 bits per heavy atom. The predicted octanol–water partition coefficient (Wildman–Crippen LogP) is 1.57. The van der Waals surface area contributed by atoms with Crippen molar-refractivity contribution in [2.24, 2.45) is 0 Å². The average Bonchev–Trinajstić information content (AvgIpc) is 2.16. The molecule has 3 heteroatoms. The molecule has 0 fully saturated rings. The minimum Gasteiger partial charge on any atom is -0.374 e. The Balaban J connectivity index is 2.89. The highest BCUT2D eigenvalue weighted by atomic mass is 16.1. The lowest BCUT2D eigenvalue weighted by Crippen LogP contribution is -2.07. The lowest BCUT2D eigenvalue weighted by Gasteiger charge is -2.03. The van der Waals surface area contributed by atoms with E-state index in [1.807, 2.05) is 24.3 Å². The molecule has 0 atom stereocenters. The van der Waals surface area contributed by atoms with Crippen molar-refractivity contribution in [1.29, 1.82) is 0 Å². The van der Waals surface area contributed by atoms with Gasteiger partial charge in [0.2, 0.25) is 5.56 Å². The van der Waals surface area contributed by atoms with Gasteiger partial charge in [0.1, 0.15) is 5.82 Å². The molecule has 2 N–H and O–H groups in total. The molecule has 0 aliphatic rings. The Bertz CT molecular complexity index is 487. The fourth-order valence-electron chi connectivity index (χ4n) is 1.42. The van der Waals surface area contributed by atoms with Gasteiger partial charge in [-0.3, -0.25) is 4.79 Å². The summed E-state index contributed by atoms with van der Waals surface area (Å²) in [5.74, 6) is 0.767. The van der Waals surface area contributed by atoms with Gasteiger partial charge in [-0.1, -0.05) is 24.3 Å². The zero-order valence-corrected chi connectivity index (χ0v) is 7.29. The van der Waals surface area contributed by atoms with Gasteiger partial charge in [-0.25, -0.2) is 0 Å². The molecule has 0 radical (unpaired) electrons. The minimum absolute atomic E-state index is 0.0805. The van der Waals surface area contributed by atoms with E-state index in [0.29, 0.717) is 0 Å². The van der Waals surface area contributed by atoms with E-state index in [1.54, 1.807) is 13.1 Å². The van der Waals surface area contributed by atoms with Gasteiger partial charge < -0.3 is 10.3 Å². The molecule has 1 aromatic heterocycles. The number of hydrogen-bond acceptors (Lipinski definition) is 2. The highest BCUT2D eigenvalue weighted by Gasteiger charge is 1.99. The molecule has 66 valence electrons. The number of benzene rings is 1. The molecule has 13 heavy (non-hydrogen) atoms. The van der Waals surface area contributed by atoms with Gasteiger partial charge in [0.05, 0.1) is 0 Å². The van der Waals surface area contributed by atoms with Crippen LogP contribution in [-0.2, 0) is 0 Å². The zero-order valence-electron chi connectivity index (χ0n) is 7.29. The molecule has 0 aliphatic heterocycles. The number of aromatic amines is 1. The number of hydrogen-bond donors (Lipinski definition) is 2. The second-order valence-corrected chi connectivity index (χ2v) is 2.85. The molecule has 2 aromatic rings. The van der Waals surface area contributed by atoms with Gasteiger partial charge >= 0.3 is 0 Å². The summed E-state index contributed by atoms with van der Waals surface area (Å²) in [7, 11) is 1.79. The third kappa shape index (κ3) is 1.28. The summed E-state index contributed by atoms with van der Waals surface area (Å²) in [6, 6.07) is 9.35. The Morgan fingerprint density at radius 1 is 1.31 bits per heavy atom. The summed E-state index contributed by atoms with van der Waals surface area (Å²) in [6.45, 7) is 0. The van der Waals surface area contributed by atoms with Crippen LogP contribution < -0.4 is 10.9 Å². The van der Waals surface area contributed by atoms with E-state index in [1.165, 1.54) is 0 Å². The molecule has 3 nitrogen and oxygen atoms in total. The number of aromatic nitrogens is 1. The van der Waals surface area contributed by atoms with Crippen molar-refractivity contribution >= 4 is 16.6 Å². The lowest BCUT2D eigenvalue weighted by molar-refractivity contribution is 1.24. The molecule has 0 saturated carbocycles. The molecule has 0 aliphatic carbocycles. The van der Waals surface area contributed by atoms with E-state index >= 15 is 0 Å². The van der Waals surface area contributed by atoms with Crippen LogP contribution in [0.5, 0.6) is 0 Å². The fourth-order valence-corrected chi connectivity index (χ4v) is 1.42. The Hall–Kier alpha value is -1.77. The molecular weight excluding hydrogens is 164 g/mol. The number of H-pyrrole nitrogens is 1. The van der Waals surface area contributed by atoms with E-state index in [-0.39, 0.29) is 5.56 Å². The normalized spacial score (nSPS) is 10.2. The van der Waals surface area contributed by atoms with Crippen LogP contribution in [0.25, 0.3) is 10.8 Å². The van der Waals surface area contributed by atoms with Crippen LogP contribution in [0.2, 0.25) is 0 Å². The SMILES string of the molecule is CNc1[nH]c(=O)cc2ccccc12. The summed E-state index contributed by atoms with van der Waals surface area (Å²) in [5.41, 5.74) is -0.0805. The van der Waals surface area contributed by atoms with Gasteiger partial charge in [-0.2, -0.15) is 0 Å². The largest absolute Gasteiger partial charge is 0.374 e. The first-order valence-corrected chi connectivity index (χ1v) is 4.11. The molecule has 0 amide bonds. The van der Waals surface area contributed by atoms with Crippen molar-refractivity contribution in [1.82, 2.24) is 4.98 Å². The van der Waals surface area contributed by atoms with Crippen molar-refractivity contribution in [2.75, 3.05) is 12.4 Å². The van der Waals surface area contributed by atoms with Crippen LogP contribution in [-0.4, -0.2) is 12.0 Å². The minimum atomic E-state index is -0.0805. The number of pyridine rings is 1. The molecule has 1 heterocycles. The first-order valence-electron chi connectivity index (χ1n) is 4.11. The van der Waals surface area contributed by atoms with Gasteiger partial charge in [-0.05, 0) is 5.39 Å². The van der Waals surface area contributed by atoms with Gasteiger partial charge in [0, 0.05) is 18.5 Å². The van der Waals surface area contributed by atoms with Gasteiger partial charge in [0.15, 0.2) is 0 Å². The first kappa shape index (κ1) is 7.86. The molecule has 2 rings (SSSR count). The lowest BCUT2D eigenvalue weighted by atomic mass is 10.1. The van der Waals surface area contributed by atoms with Crippen LogP contribution in [0, 0.1) is 0 Å². The quantitative estimate of drug-likeness (QED) is 0.689. The highest BCUT2D eigenvalue weighted by molar-refractivity contribution is 5.91. The molecule has 0 unspecified atom stereocenters. The van der Waals surface area contributed by atoms with Crippen molar-refractivity contribution in [2.45, 2.75) is 0 Å². The van der Waals surface area contributed by atoms with Crippen molar-refractivity contribution in [3.05, 3.63) is 40.7 Å². The molecular formula is C10H10N2O. The van der Waals surface area contributed by atoms with Crippen LogP contribution in [0.3, 0.4) is 0 Å². The summed E-state index contributed by atoms with van der Waals surface area (Å²) in [4.78, 5) is 13.9. The van der Waals surface area contributed by atoms with Crippen molar-refractivity contribution in [3.63, 3.8) is 0 Å². The van der Waals surface area contributed by atoms with E-state index in [9.17, 15) is 4.79 Å². The van der Waals surface area contributed by atoms with Crippen molar-refractivity contribution in [3.8, 4) is 0 Å². The topological polar surface area (TPSA) is 44.9 Å². The number of fused-ring (bicyclic) bond motifs is 1. The zero-order chi connectivity index (χ0) is 9.26. The van der Waals surface area contributed by atoms with Crippen LogP contribution in [0.4, 0.5) is 5.82 Å². The average molecular weight is 174 g/mol. The third-order valence-corrected chi connectivity index (χ3v) is 2.01. The molecule has 1 aromatic carbocycles. The monoisotopic (exact) mass is 174 g/mol. The Kier molecular flexibility index (Phi) is 1.77.